The molecule has 1 aliphatic carbocycles. The molecular weight excluding hydrogens is 433 g/mol. The number of pyridine rings is 1. The van der Waals surface area contributed by atoms with Crippen molar-refractivity contribution >= 4 is 15.6 Å². The predicted molar refractivity (Wildman–Crippen MR) is 116 cm³/mol. The van der Waals surface area contributed by atoms with Crippen LogP contribution in [0.4, 0.5) is 4.39 Å². The number of fused-ring (bicyclic) bond motifs is 2. The normalized spacial score (nSPS) is 23.1. The summed E-state index contributed by atoms with van der Waals surface area (Å²) in [7, 11) is -3.52. The maximum Gasteiger partial charge on any atom is 0.256 e. The van der Waals surface area contributed by atoms with Crippen molar-refractivity contribution in [2.45, 2.75) is 49.1 Å². The Morgan fingerprint density at radius 2 is 2.09 bits per heavy atom. The van der Waals surface area contributed by atoms with Gasteiger partial charge in [0.2, 0.25) is 0 Å². The Labute approximate surface area is 185 Å². The fourth-order valence-electron chi connectivity index (χ4n) is 4.77. The van der Waals surface area contributed by atoms with Gasteiger partial charge in [0.25, 0.3) is 5.56 Å². The Bertz CT molecular complexity index is 1260. The third kappa shape index (κ3) is 4.52. The third-order valence-electron chi connectivity index (χ3n) is 6.44. The number of nitrogens with zero attached hydrogens (tertiary/aromatic N) is 2. The molecule has 0 unspecified atom stereocenters. The molecular formula is C23H24FN3O4S. The highest BCUT2D eigenvalue weighted by atomic mass is 32.2. The Morgan fingerprint density at radius 3 is 2.66 bits per heavy atom. The van der Waals surface area contributed by atoms with E-state index in [0.717, 1.165) is 36.2 Å². The monoisotopic (exact) mass is 457 g/mol. The van der Waals surface area contributed by atoms with Gasteiger partial charge in [0.05, 0.1) is 28.6 Å². The minimum absolute atomic E-state index is 0.0123. The zero-order valence-corrected chi connectivity index (χ0v) is 18.4. The number of halogens is 1. The van der Waals surface area contributed by atoms with Crippen molar-refractivity contribution in [2.24, 2.45) is 11.8 Å². The number of aromatic nitrogens is 1. The second kappa shape index (κ2) is 8.60. The number of piperidine rings is 1. The number of carbonyl (C=O) groups is 1. The molecule has 7 nitrogen and oxygen atoms in total. The van der Waals surface area contributed by atoms with Crippen molar-refractivity contribution in [3.63, 3.8) is 0 Å². The van der Waals surface area contributed by atoms with E-state index >= 15 is 0 Å². The number of carbonyl (C=O) groups excluding carboxylic acids is 1. The summed E-state index contributed by atoms with van der Waals surface area (Å²) < 4.78 is 39.1. The number of benzene rings is 1. The predicted octanol–water partition coefficient (Wildman–Crippen LogP) is 2.16. The Balaban J connectivity index is 1.48. The number of nitriles is 1. The summed E-state index contributed by atoms with van der Waals surface area (Å²) in [5.41, 5.74) is -0.0687. The standard InChI is InChI=1S/C23H24FN3O4S/c1-32(30,31)19-6-7-27(22(29)12-19)18-5-3-15(20(24)11-18)8-14(13-25)9-21(28)23-16-2-4-17(10-16)26-23/h3,5-7,11-12,14,16-17,23,26H,2,4,8-10H2,1H3/t14-,16+,17-,23+/m1/s1. The summed E-state index contributed by atoms with van der Waals surface area (Å²) >= 11 is 0. The molecule has 4 atom stereocenters. The first-order valence-corrected chi connectivity index (χ1v) is 12.4. The van der Waals surface area contributed by atoms with E-state index < -0.39 is 27.1 Å². The zero-order chi connectivity index (χ0) is 23.0. The fourth-order valence-corrected chi connectivity index (χ4v) is 5.39. The van der Waals surface area contributed by atoms with Crippen molar-refractivity contribution in [1.82, 2.24) is 9.88 Å². The van der Waals surface area contributed by atoms with E-state index in [2.05, 4.69) is 11.4 Å². The molecule has 1 saturated carbocycles. The minimum atomic E-state index is -3.52. The summed E-state index contributed by atoms with van der Waals surface area (Å²) in [4.78, 5) is 24.9. The van der Waals surface area contributed by atoms with Crippen molar-refractivity contribution < 1.29 is 17.6 Å². The van der Waals surface area contributed by atoms with E-state index in [4.69, 9.17) is 0 Å². The van der Waals surface area contributed by atoms with Crippen LogP contribution in [0.15, 0.2) is 46.2 Å². The Hall–Kier alpha value is -2.83. The van der Waals surface area contributed by atoms with Crippen molar-refractivity contribution in [3.05, 3.63) is 58.3 Å². The van der Waals surface area contributed by atoms with E-state index in [1.165, 1.54) is 30.5 Å². The number of Topliss-reactive ketones (excluding diaryl/α,β-unsaturated/α-hetero) is 1. The van der Waals surface area contributed by atoms with Crippen LogP contribution in [-0.2, 0) is 21.1 Å². The second-order valence-electron chi connectivity index (χ2n) is 8.73. The van der Waals surface area contributed by atoms with Gasteiger partial charge in [0.1, 0.15) is 5.82 Å². The minimum Gasteiger partial charge on any atom is -0.304 e. The SMILES string of the molecule is CS(=O)(=O)c1ccn(-c2ccc(C[C@@H](C#N)CC(=O)[C@H]3N[C@@H]4CC[C@H]3C4)c(F)c2)c(=O)c1. The molecule has 0 amide bonds. The number of sulfone groups is 1. The second-order valence-corrected chi connectivity index (χ2v) is 10.7. The van der Waals surface area contributed by atoms with Crippen LogP contribution in [-0.4, -0.2) is 37.1 Å². The molecule has 9 heteroatoms. The molecule has 4 rings (SSSR count). The van der Waals surface area contributed by atoms with Crippen LogP contribution in [0, 0.1) is 29.0 Å². The molecule has 1 aliphatic heterocycles. The van der Waals surface area contributed by atoms with Crippen LogP contribution < -0.4 is 10.9 Å². The number of hydrogen-bond acceptors (Lipinski definition) is 6. The molecule has 1 N–H and O–H groups in total. The number of nitrogens with one attached hydrogen (secondary N) is 1. The summed E-state index contributed by atoms with van der Waals surface area (Å²) in [6, 6.07) is 8.79. The van der Waals surface area contributed by atoms with Crippen LogP contribution >= 0.6 is 0 Å². The van der Waals surface area contributed by atoms with E-state index in [1.807, 2.05) is 0 Å². The highest BCUT2D eigenvalue weighted by Gasteiger charge is 2.42. The maximum atomic E-state index is 14.8. The lowest BCUT2D eigenvalue weighted by molar-refractivity contribution is -0.122. The highest BCUT2D eigenvalue weighted by molar-refractivity contribution is 7.90. The maximum absolute atomic E-state index is 14.8. The van der Waals surface area contributed by atoms with Crippen molar-refractivity contribution in [2.75, 3.05) is 6.26 Å². The average molecular weight is 458 g/mol. The van der Waals surface area contributed by atoms with Crippen LogP contribution in [0.25, 0.3) is 5.69 Å². The lowest BCUT2D eigenvalue weighted by atomic mass is 9.88. The first-order chi connectivity index (χ1) is 15.2. The summed E-state index contributed by atoms with van der Waals surface area (Å²) in [6.45, 7) is 0. The van der Waals surface area contributed by atoms with Gasteiger partial charge in [-0.15, -0.1) is 0 Å². The third-order valence-corrected chi connectivity index (χ3v) is 7.55. The molecule has 1 saturated heterocycles. The fraction of sp³-hybridized carbons (Fsp3) is 0.435. The van der Waals surface area contributed by atoms with Crippen molar-refractivity contribution in [1.29, 1.82) is 5.26 Å². The molecule has 0 radical (unpaired) electrons. The van der Waals surface area contributed by atoms with Crippen LogP contribution in [0.3, 0.4) is 0 Å². The van der Waals surface area contributed by atoms with E-state index in [1.54, 1.807) is 0 Å². The van der Waals surface area contributed by atoms with E-state index in [-0.39, 0.29) is 40.8 Å². The van der Waals surface area contributed by atoms with Gasteiger partial charge in [-0.2, -0.15) is 5.26 Å². The van der Waals surface area contributed by atoms with Crippen LogP contribution in [0.2, 0.25) is 0 Å². The molecule has 1 aromatic carbocycles. The quantitative estimate of drug-likeness (QED) is 0.683. The molecule has 2 aliphatic rings. The molecule has 2 aromatic rings. The Kier molecular flexibility index (Phi) is 6.01. The van der Waals surface area contributed by atoms with E-state index in [0.29, 0.717) is 12.0 Å². The number of ketones is 1. The van der Waals surface area contributed by atoms with Gasteiger partial charge in [-0.25, -0.2) is 12.8 Å². The number of rotatable bonds is 7. The first-order valence-electron chi connectivity index (χ1n) is 10.6. The van der Waals surface area contributed by atoms with E-state index in [9.17, 15) is 27.7 Å². The van der Waals surface area contributed by atoms with Gasteiger partial charge in [-0.05, 0) is 55.4 Å². The molecule has 2 fully saturated rings. The molecule has 1 aromatic heterocycles. The average Bonchev–Trinajstić information content (AvgIpc) is 3.37. The Morgan fingerprint density at radius 1 is 1.31 bits per heavy atom. The largest absolute Gasteiger partial charge is 0.304 e. The topological polar surface area (TPSA) is 109 Å². The smallest absolute Gasteiger partial charge is 0.256 e. The number of hydrogen-bond donors (Lipinski definition) is 1. The summed E-state index contributed by atoms with van der Waals surface area (Å²) in [5, 5.41) is 12.9. The molecule has 2 heterocycles. The first kappa shape index (κ1) is 22.4. The van der Waals surface area contributed by atoms with Crippen molar-refractivity contribution in [3.8, 4) is 11.8 Å². The lowest BCUT2D eigenvalue weighted by Gasteiger charge is -2.22. The van der Waals surface area contributed by atoms with Gasteiger partial charge in [-0.3, -0.25) is 14.2 Å². The van der Waals surface area contributed by atoms with Gasteiger partial charge in [-0.1, -0.05) is 6.07 Å². The van der Waals surface area contributed by atoms with Gasteiger partial charge in [0, 0.05) is 31.0 Å². The molecule has 2 bridgehead atoms. The van der Waals surface area contributed by atoms with Gasteiger partial charge >= 0.3 is 0 Å². The summed E-state index contributed by atoms with van der Waals surface area (Å²) in [6.07, 6.45) is 5.59. The summed E-state index contributed by atoms with van der Waals surface area (Å²) in [5.74, 6) is -0.874. The molecule has 168 valence electrons. The van der Waals surface area contributed by atoms with Crippen LogP contribution in [0.1, 0.15) is 31.2 Å². The lowest BCUT2D eigenvalue weighted by Crippen LogP contribution is -2.42. The highest BCUT2D eigenvalue weighted by Crippen LogP contribution is 2.36. The molecule has 32 heavy (non-hydrogen) atoms. The molecule has 0 spiro atoms. The van der Waals surface area contributed by atoms with Gasteiger partial charge < -0.3 is 5.32 Å². The van der Waals surface area contributed by atoms with Crippen LogP contribution in [0.5, 0.6) is 0 Å². The van der Waals surface area contributed by atoms with Gasteiger partial charge in [0.15, 0.2) is 15.6 Å². The zero-order valence-electron chi connectivity index (χ0n) is 17.6.